The molecule has 0 bridgehead atoms. The van der Waals surface area contributed by atoms with Gasteiger partial charge in [-0.1, -0.05) is 11.6 Å². The first-order chi connectivity index (χ1) is 7.77. The topological polar surface area (TPSA) is 69.1 Å². The Morgan fingerprint density at radius 2 is 2.19 bits per heavy atom. The molecule has 3 aromatic heterocycles. The van der Waals surface area contributed by atoms with Gasteiger partial charge in [-0.25, -0.2) is 4.98 Å². The molecule has 0 unspecified atom stereocenters. The van der Waals surface area contributed by atoms with E-state index in [2.05, 4.69) is 20.2 Å². The molecule has 0 amide bonds. The van der Waals surface area contributed by atoms with Crippen LogP contribution in [0.2, 0.25) is 5.15 Å². The zero-order chi connectivity index (χ0) is 11.1. The average molecular weight is 236 g/mol. The van der Waals surface area contributed by atoms with E-state index in [0.717, 1.165) is 5.69 Å². The van der Waals surface area contributed by atoms with Crippen LogP contribution in [-0.4, -0.2) is 24.6 Å². The summed E-state index contributed by atoms with van der Waals surface area (Å²) in [5, 5.41) is 8.39. The molecule has 0 N–H and O–H groups in total. The SMILES string of the molecule is Cc1ncoc1-c1nnc2cncc(Cl)n12. The largest absolute Gasteiger partial charge is 0.440 e. The number of halogens is 1. The first-order valence-electron chi connectivity index (χ1n) is 4.52. The predicted molar refractivity (Wildman–Crippen MR) is 56.0 cm³/mol. The monoisotopic (exact) mass is 235 g/mol. The van der Waals surface area contributed by atoms with Crippen molar-refractivity contribution in [1.82, 2.24) is 24.6 Å². The van der Waals surface area contributed by atoms with Crippen LogP contribution in [0.5, 0.6) is 0 Å². The number of aryl methyl sites for hydroxylation is 1. The highest BCUT2D eigenvalue weighted by Crippen LogP contribution is 2.23. The van der Waals surface area contributed by atoms with Gasteiger partial charge in [-0.3, -0.25) is 9.38 Å². The van der Waals surface area contributed by atoms with Crippen LogP contribution in [0.15, 0.2) is 23.2 Å². The van der Waals surface area contributed by atoms with Crippen LogP contribution in [0.1, 0.15) is 5.69 Å². The van der Waals surface area contributed by atoms with E-state index in [-0.39, 0.29) is 0 Å². The Bertz CT molecular complexity index is 659. The molecule has 0 saturated heterocycles. The van der Waals surface area contributed by atoms with Crippen molar-refractivity contribution in [2.24, 2.45) is 0 Å². The van der Waals surface area contributed by atoms with Crippen molar-refractivity contribution in [3.05, 3.63) is 29.6 Å². The van der Waals surface area contributed by atoms with Crippen molar-refractivity contribution >= 4 is 17.2 Å². The summed E-state index contributed by atoms with van der Waals surface area (Å²) in [4.78, 5) is 7.93. The number of fused-ring (bicyclic) bond motifs is 1. The minimum Gasteiger partial charge on any atom is -0.440 e. The molecule has 0 aliphatic carbocycles. The molecule has 0 aromatic carbocycles. The molecule has 0 atom stereocenters. The number of oxazole rings is 1. The number of nitrogens with zero attached hydrogens (tertiary/aromatic N) is 5. The molecule has 0 fully saturated rings. The maximum absolute atomic E-state index is 6.03. The standard InChI is InChI=1S/C9H6ClN5O/c1-5-8(16-4-12-5)9-14-13-7-3-11-2-6(10)15(7)9/h2-4H,1H3. The minimum atomic E-state index is 0.424. The van der Waals surface area contributed by atoms with E-state index in [0.29, 0.717) is 22.4 Å². The van der Waals surface area contributed by atoms with E-state index in [1.165, 1.54) is 12.6 Å². The number of hydrogen-bond donors (Lipinski definition) is 0. The molecule has 7 heteroatoms. The van der Waals surface area contributed by atoms with Gasteiger partial charge >= 0.3 is 0 Å². The fraction of sp³-hybridized carbons (Fsp3) is 0.111. The third kappa shape index (κ3) is 1.20. The molecular weight excluding hydrogens is 230 g/mol. The average Bonchev–Trinajstić information content (AvgIpc) is 2.84. The molecule has 16 heavy (non-hydrogen) atoms. The van der Waals surface area contributed by atoms with E-state index in [1.54, 1.807) is 10.6 Å². The number of rotatable bonds is 1. The van der Waals surface area contributed by atoms with Gasteiger partial charge in [0.25, 0.3) is 0 Å². The van der Waals surface area contributed by atoms with Gasteiger partial charge in [0, 0.05) is 0 Å². The lowest BCUT2D eigenvalue weighted by Crippen LogP contribution is -1.92. The summed E-state index contributed by atoms with van der Waals surface area (Å²) in [6.07, 6.45) is 4.46. The van der Waals surface area contributed by atoms with Crippen molar-refractivity contribution in [3.8, 4) is 11.6 Å². The molecular formula is C9H6ClN5O. The summed E-state index contributed by atoms with van der Waals surface area (Å²) >= 11 is 6.03. The molecule has 0 radical (unpaired) electrons. The Morgan fingerprint density at radius 3 is 2.94 bits per heavy atom. The highest BCUT2D eigenvalue weighted by Gasteiger charge is 2.16. The molecule has 0 saturated carbocycles. The Labute approximate surface area is 94.9 Å². The Kier molecular flexibility index (Phi) is 1.90. The summed E-state index contributed by atoms with van der Waals surface area (Å²) in [6, 6.07) is 0. The zero-order valence-electron chi connectivity index (χ0n) is 8.25. The van der Waals surface area contributed by atoms with E-state index in [4.69, 9.17) is 16.0 Å². The van der Waals surface area contributed by atoms with Gasteiger partial charge in [0.05, 0.1) is 18.1 Å². The molecule has 0 aliphatic rings. The van der Waals surface area contributed by atoms with Crippen molar-refractivity contribution in [3.63, 3.8) is 0 Å². The Morgan fingerprint density at radius 1 is 1.31 bits per heavy atom. The van der Waals surface area contributed by atoms with Crippen LogP contribution in [0.4, 0.5) is 0 Å². The fourth-order valence-corrected chi connectivity index (χ4v) is 1.70. The summed E-state index contributed by atoms with van der Waals surface area (Å²) in [5.74, 6) is 1.08. The van der Waals surface area contributed by atoms with Gasteiger partial charge in [0.1, 0.15) is 5.15 Å². The van der Waals surface area contributed by atoms with Crippen LogP contribution in [0.25, 0.3) is 17.2 Å². The van der Waals surface area contributed by atoms with Crippen LogP contribution in [-0.2, 0) is 0 Å². The van der Waals surface area contributed by atoms with Gasteiger partial charge in [0.2, 0.25) is 5.82 Å². The third-order valence-corrected chi connectivity index (χ3v) is 2.49. The second-order valence-electron chi connectivity index (χ2n) is 3.21. The second kappa shape index (κ2) is 3.28. The molecule has 3 rings (SSSR count). The molecule has 80 valence electrons. The van der Waals surface area contributed by atoms with E-state index in [9.17, 15) is 0 Å². The minimum absolute atomic E-state index is 0.424. The Balaban J connectivity index is 2.37. The highest BCUT2D eigenvalue weighted by atomic mass is 35.5. The van der Waals surface area contributed by atoms with Crippen molar-refractivity contribution < 1.29 is 4.42 Å². The van der Waals surface area contributed by atoms with E-state index < -0.39 is 0 Å². The maximum atomic E-state index is 6.03. The summed E-state index contributed by atoms with van der Waals surface area (Å²) in [5.41, 5.74) is 1.31. The van der Waals surface area contributed by atoms with Crippen LogP contribution in [0, 0.1) is 6.92 Å². The normalized spacial score (nSPS) is 11.1. The first-order valence-corrected chi connectivity index (χ1v) is 4.90. The summed E-state index contributed by atoms with van der Waals surface area (Å²) in [6.45, 7) is 1.83. The maximum Gasteiger partial charge on any atom is 0.207 e. The van der Waals surface area contributed by atoms with Crippen molar-refractivity contribution in [2.75, 3.05) is 0 Å². The Hall–Kier alpha value is -1.95. The molecule has 0 aliphatic heterocycles. The van der Waals surface area contributed by atoms with E-state index >= 15 is 0 Å². The third-order valence-electron chi connectivity index (χ3n) is 2.22. The van der Waals surface area contributed by atoms with Gasteiger partial charge in [-0.05, 0) is 6.92 Å². The van der Waals surface area contributed by atoms with Gasteiger partial charge < -0.3 is 4.42 Å². The lowest BCUT2D eigenvalue weighted by atomic mass is 10.3. The van der Waals surface area contributed by atoms with E-state index in [1.807, 2.05) is 6.92 Å². The van der Waals surface area contributed by atoms with Gasteiger partial charge in [0.15, 0.2) is 17.8 Å². The summed E-state index contributed by atoms with van der Waals surface area (Å²) in [7, 11) is 0. The number of hydrogen-bond acceptors (Lipinski definition) is 5. The first kappa shape index (κ1) is 9.29. The van der Waals surface area contributed by atoms with Crippen LogP contribution < -0.4 is 0 Å². The van der Waals surface area contributed by atoms with Gasteiger partial charge in [-0.15, -0.1) is 10.2 Å². The number of aromatic nitrogens is 5. The van der Waals surface area contributed by atoms with Crippen LogP contribution >= 0.6 is 11.6 Å². The van der Waals surface area contributed by atoms with Crippen molar-refractivity contribution in [1.29, 1.82) is 0 Å². The quantitative estimate of drug-likeness (QED) is 0.643. The molecule has 0 spiro atoms. The van der Waals surface area contributed by atoms with Crippen molar-refractivity contribution in [2.45, 2.75) is 6.92 Å². The smallest absolute Gasteiger partial charge is 0.207 e. The zero-order valence-corrected chi connectivity index (χ0v) is 9.01. The van der Waals surface area contributed by atoms with Gasteiger partial charge in [-0.2, -0.15) is 0 Å². The lowest BCUT2D eigenvalue weighted by molar-refractivity contribution is 0.566. The fourth-order valence-electron chi connectivity index (χ4n) is 1.48. The van der Waals surface area contributed by atoms with Crippen LogP contribution in [0.3, 0.4) is 0 Å². The molecule has 3 aromatic rings. The summed E-state index contributed by atoms with van der Waals surface area (Å²) < 4.78 is 6.91. The second-order valence-corrected chi connectivity index (χ2v) is 3.60. The molecule has 3 heterocycles. The molecule has 6 nitrogen and oxygen atoms in total. The highest BCUT2D eigenvalue weighted by molar-refractivity contribution is 6.29. The lowest BCUT2D eigenvalue weighted by Gasteiger charge is -1.98. The predicted octanol–water partition coefficient (Wildman–Crippen LogP) is 1.74.